The number of likely N-dealkylation sites (N-methyl/N-ethyl adjacent to an activating group) is 1. The van der Waals surface area contributed by atoms with Crippen LogP contribution in [0.2, 0.25) is 0 Å². The number of amides is 1. The number of thioether (sulfide) groups is 1. The molecule has 0 bridgehead atoms. The first-order chi connectivity index (χ1) is 12.5. The molecule has 1 fully saturated rings. The van der Waals surface area contributed by atoms with Gasteiger partial charge in [-0.25, -0.2) is 9.38 Å². The maximum atomic E-state index is 13.0. The Labute approximate surface area is 153 Å². The van der Waals surface area contributed by atoms with Crippen LogP contribution in [0.5, 0.6) is 0 Å². The normalized spacial score (nSPS) is 17.3. The van der Waals surface area contributed by atoms with Gasteiger partial charge in [-0.3, -0.25) is 9.69 Å². The molecule has 0 N–H and O–H groups in total. The van der Waals surface area contributed by atoms with Crippen molar-refractivity contribution in [3.63, 3.8) is 0 Å². The molecule has 3 rings (SSSR count). The summed E-state index contributed by atoms with van der Waals surface area (Å²) >= 11 is 1.22. The number of rotatable bonds is 4. The number of hydrogen-bond acceptors (Lipinski definition) is 5. The highest BCUT2D eigenvalue weighted by Crippen LogP contribution is 2.34. The van der Waals surface area contributed by atoms with Crippen LogP contribution in [0.1, 0.15) is 22.8 Å². The van der Waals surface area contributed by atoms with Gasteiger partial charge in [0, 0.05) is 6.54 Å². The molecule has 0 spiro atoms. The van der Waals surface area contributed by atoms with Gasteiger partial charge in [-0.1, -0.05) is 24.3 Å². The molecular formula is C19H14FN2O3S-. The van der Waals surface area contributed by atoms with Crippen LogP contribution in [-0.2, 0) is 4.79 Å². The first-order valence-corrected chi connectivity index (χ1v) is 8.66. The lowest BCUT2D eigenvalue weighted by molar-refractivity contribution is -0.255. The predicted octanol–water partition coefficient (Wildman–Crippen LogP) is 2.81. The molecule has 2 aromatic carbocycles. The first kappa shape index (κ1) is 17.9. The van der Waals surface area contributed by atoms with E-state index in [4.69, 9.17) is 0 Å². The number of aromatic carboxylic acids is 1. The minimum Gasteiger partial charge on any atom is -0.545 e. The van der Waals surface area contributed by atoms with Crippen LogP contribution in [-0.4, -0.2) is 28.5 Å². The minimum absolute atomic E-state index is 0.0753. The van der Waals surface area contributed by atoms with Crippen molar-refractivity contribution in [3.05, 3.63) is 70.4 Å². The fourth-order valence-electron chi connectivity index (χ4n) is 2.36. The highest BCUT2D eigenvalue weighted by atomic mass is 32.2. The quantitative estimate of drug-likeness (QED) is 0.777. The molecule has 0 radical (unpaired) electrons. The zero-order chi connectivity index (χ0) is 18.7. The Balaban J connectivity index is 1.88. The summed E-state index contributed by atoms with van der Waals surface area (Å²) in [6.45, 7) is 2.29. The summed E-state index contributed by atoms with van der Waals surface area (Å²) in [5.74, 6) is -1.78. The average Bonchev–Trinajstić information content (AvgIpc) is 2.92. The number of aliphatic imine (C=N–C) groups is 1. The average molecular weight is 369 g/mol. The van der Waals surface area contributed by atoms with Gasteiger partial charge >= 0.3 is 0 Å². The van der Waals surface area contributed by atoms with E-state index in [1.807, 2.05) is 6.92 Å². The summed E-state index contributed by atoms with van der Waals surface area (Å²) < 4.78 is 13.0. The smallest absolute Gasteiger partial charge is 0.266 e. The van der Waals surface area contributed by atoms with Gasteiger partial charge in [-0.15, -0.1) is 0 Å². The van der Waals surface area contributed by atoms with E-state index in [9.17, 15) is 19.1 Å². The Kier molecular flexibility index (Phi) is 5.18. The zero-order valence-electron chi connectivity index (χ0n) is 13.8. The molecule has 0 aliphatic carbocycles. The second kappa shape index (κ2) is 7.53. The summed E-state index contributed by atoms with van der Waals surface area (Å²) in [4.78, 5) is 29.8. The molecule has 7 heteroatoms. The summed E-state index contributed by atoms with van der Waals surface area (Å²) in [7, 11) is 0. The van der Waals surface area contributed by atoms with Crippen LogP contribution in [0, 0.1) is 5.82 Å². The molecule has 132 valence electrons. The molecule has 1 heterocycles. The number of hydrogen-bond donors (Lipinski definition) is 0. The van der Waals surface area contributed by atoms with E-state index >= 15 is 0 Å². The standard InChI is InChI=1S/C19H15FN2O3S/c1-2-22-17(23)16(11-12-3-5-13(6-4-12)18(24)25)26-19(22)21-15-9-7-14(20)8-10-15/h3-11H,2H2,1H3,(H,24,25)/p-1/b16-11+,21-19?. The topological polar surface area (TPSA) is 72.8 Å². The number of carboxylic acid groups (broad SMARTS) is 1. The second-order valence-corrected chi connectivity index (χ2v) is 6.45. The summed E-state index contributed by atoms with van der Waals surface area (Å²) in [5, 5.41) is 11.3. The third-order valence-corrected chi connectivity index (χ3v) is 4.71. The summed E-state index contributed by atoms with van der Waals surface area (Å²) in [5.41, 5.74) is 1.33. The Morgan fingerprint density at radius 3 is 2.42 bits per heavy atom. The number of carbonyl (C=O) groups excluding carboxylic acids is 2. The van der Waals surface area contributed by atoms with Gasteiger partial charge in [-0.05, 0) is 60.2 Å². The maximum Gasteiger partial charge on any atom is 0.266 e. The zero-order valence-corrected chi connectivity index (χ0v) is 14.6. The van der Waals surface area contributed by atoms with E-state index in [2.05, 4.69) is 4.99 Å². The third-order valence-electron chi connectivity index (χ3n) is 3.70. The van der Waals surface area contributed by atoms with E-state index in [0.29, 0.717) is 27.9 Å². The van der Waals surface area contributed by atoms with Crippen molar-refractivity contribution in [2.24, 2.45) is 4.99 Å². The van der Waals surface area contributed by atoms with Crippen molar-refractivity contribution in [2.75, 3.05) is 6.54 Å². The molecule has 1 aliphatic rings. The lowest BCUT2D eigenvalue weighted by atomic mass is 10.1. The van der Waals surface area contributed by atoms with Crippen LogP contribution in [0.4, 0.5) is 10.1 Å². The molecule has 1 amide bonds. The first-order valence-electron chi connectivity index (χ1n) is 7.85. The largest absolute Gasteiger partial charge is 0.545 e. The van der Waals surface area contributed by atoms with E-state index in [-0.39, 0.29) is 17.3 Å². The van der Waals surface area contributed by atoms with Gasteiger partial charge in [0.05, 0.1) is 16.6 Å². The van der Waals surface area contributed by atoms with Gasteiger partial charge in [0.15, 0.2) is 5.17 Å². The number of halogens is 1. The van der Waals surface area contributed by atoms with Crippen molar-refractivity contribution in [1.29, 1.82) is 0 Å². The fourth-order valence-corrected chi connectivity index (χ4v) is 3.43. The Morgan fingerprint density at radius 2 is 1.85 bits per heavy atom. The molecule has 5 nitrogen and oxygen atoms in total. The molecule has 0 atom stereocenters. The van der Waals surface area contributed by atoms with Crippen molar-refractivity contribution in [2.45, 2.75) is 6.92 Å². The van der Waals surface area contributed by atoms with Gasteiger partial charge in [0.25, 0.3) is 5.91 Å². The Morgan fingerprint density at radius 1 is 1.19 bits per heavy atom. The van der Waals surface area contributed by atoms with Crippen molar-refractivity contribution >= 4 is 40.6 Å². The van der Waals surface area contributed by atoms with Gasteiger partial charge < -0.3 is 9.90 Å². The molecule has 0 aromatic heterocycles. The van der Waals surface area contributed by atoms with Crippen LogP contribution in [0.3, 0.4) is 0 Å². The van der Waals surface area contributed by atoms with Gasteiger partial charge in [0.2, 0.25) is 0 Å². The Hall–Kier alpha value is -2.93. The van der Waals surface area contributed by atoms with E-state index < -0.39 is 5.97 Å². The lowest BCUT2D eigenvalue weighted by Crippen LogP contribution is -2.28. The van der Waals surface area contributed by atoms with Gasteiger partial charge in [0.1, 0.15) is 5.82 Å². The molecule has 1 saturated heterocycles. The van der Waals surface area contributed by atoms with Crippen LogP contribution in [0.15, 0.2) is 58.4 Å². The number of benzene rings is 2. The fraction of sp³-hybridized carbons (Fsp3) is 0.105. The second-order valence-electron chi connectivity index (χ2n) is 5.44. The number of carboxylic acids is 1. The SMILES string of the molecule is CCN1C(=O)/C(=C\c2ccc(C(=O)[O-])cc2)SC1=Nc1ccc(F)cc1. The number of amidine groups is 1. The van der Waals surface area contributed by atoms with Crippen LogP contribution < -0.4 is 5.11 Å². The maximum absolute atomic E-state index is 13.0. The molecule has 0 unspecified atom stereocenters. The highest BCUT2D eigenvalue weighted by molar-refractivity contribution is 8.18. The van der Waals surface area contributed by atoms with Crippen LogP contribution in [0.25, 0.3) is 6.08 Å². The molecule has 1 aliphatic heterocycles. The Bertz CT molecular complexity index is 905. The van der Waals surface area contributed by atoms with Gasteiger partial charge in [-0.2, -0.15) is 0 Å². The summed E-state index contributed by atoms with van der Waals surface area (Å²) in [6.07, 6.45) is 1.68. The molecule has 0 saturated carbocycles. The lowest BCUT2D eigenvalue weighted by Gasteiger charge is -2.11. The monoisotopic (exact) mass is 369 g/mol. The minimum atomic E-state index is -1.25. The van der Waals surface area contributed by atoms with E-state index in [0.717, 1.165) is 0 Å². The number of carbonyl (C=O) groups is 2. The van der Waals surface area contributed by atoms with Crippen molar-refractivity contribution in [3.8, 4) is 0 Å². The third kappa shape index (κ3) is 3.83. The van der Waals surface area contributed by atoms with E-state index in [1.54, 1.807) is 30.3 Å². The number of nitrogens with zero attached hydrogens (tertiary/aromatic N) is 2. The predicted molar refractivity (Wildman–Crippen MR) is 97.2 cm³/mol. The molecular weight excluding hydrogens is 355 g/mol. The van der Waals surface area contributed by atoms with Crippen LogP contribution >= 0.6 is 11.8 Å². The highest BCUT2D eigenvalue weighted by Gasteiger charge is 2.32. The molecule has 26 heavy (non-hydrogen) atoms. The molecule has 2 aromatic rings. The van der Waals surface area contributed by atoms with Crippen molar-refractivity contribution < 1.29 is 19.1 Å². The van der Waals surface area contributed by atoms with E-state index in [1.165, 1.54) is 40.9 Å². The summed E-state index contributed by atoms with van der Waals surface area (Å²) in [6, 6.07) is 11.8. The van der Waals surface area contributed by atoms with Crippen molar-refractivity contribution in [1.82, 2.24) is 4.90 Å².